The number of nitrogens with one attached hydrogen (secondary N) is 1. The van der Waals surface area contributed by atoms with Crippen molar-refractivity contribution in [1.82, 2.24) is 4.31 Å². The number of ether oxygens (including phenoxy) is 1. The van der Waals surface area contributed by atoms with Gasteiger partial charge in [0, 0.05) is 5.56 Å². The van der Waals surface area contributed by atoms with Crippen molar-refractivity contribution in [3.8, 4) is 5.75 Å². The molecule has 1 fully saturated rings. The zero-order chi connectivity index (χ0) is 18.7. The smallest absolute Gasteiger partial charge is 0.243 e. The lowest BCUT2D eigenvalue weighted by Crippen LogP contribution is -3.13. The Morgan fingerprint density at radius 1 is 1.08 bits per heavy atom. The predicted molar refractivity (Wildman–Crippen MR) is 102 cm³/mol. The number of benzene rings is 2. The van der Waals surface area contributed by atoms with E-state index in [2.05, 4.69) is 6.07 Å². The number of quaternary nitrogens is 1. The number of piperazine rings is 1. The van der Waals surface area contributed by atoms with Gasteiger partial charge in [0.2, 0.25) is 10.0 Å². The van der Waals surface area contributed by atoms with Crippen LogP contribution < -0.4 is 9.64 Å². The lowest BCUT2D eigenvalue weighted by molar-refractivity contribution is -0.917. The van der Waals surface area contributed by atoms with Gasteiger partial charge in [-0.2, -0.15) is 4.31 Å². The number of methoxy groups -OCH3 is 1. The molecule has 0 bridgehead atoms. The van der Waals surface area contributed by atoms with Gasteiger partial charge in [-0.15, -0.1) is 0 Å². The number of hydrogen-bond donors (Lipinski definition) is 1. The average molecular weight is 376 g/mol. The molecule has 5 nitrogen and oxygen atoms in total. The van der Waals surface area contributed by atoms with Crippen molar-refractivity contribution in [1.29, 1.82) is 0 Å². The van der Waals surface area contributed by atoms with Crippen molar-refractivity contribution in [3.63, 3.8) is 0 Å². The number of hydrogen-bond acceptors (Lipinski definition) is 3. The molecular formula is C20H27N2O3S+. The van der Waals surface area contributed by atoms with Crippen molar-refractivity contribution in [2.75, 3.05) is 33.3 Å². The van der Waals surface area contributed by atoms with Gasteiger partial charge < -0.3 is 9.64 Å². The second-order valence-electron chi connectivity index (χ2n) is 6.91. The van der Waals surface area contributed by atoms with E-state index in [1.165, 1.54) is 4.90 Å². The highest BCUT2D eigenvalue weighted by Gasteiger charge is 2.31. The van der Waals surface area contributed by atoms with Gasteiger partial charge >= 0.3 is 0 Å². The monoisotopic (exact) mass is 375 g/mol. The number of para-hydroxylation sites is 1. The van der Waals surface area contributed by atoms with E-state index in [1.807, 2.05) is 44.2 Å². The Labute approximate surface area is 156 Å². The summed E-state index contributed by atoms with van der Waals surface area (Å²) in [5.41, 5.74) is 2.94. The van der Waals surface area contributed by atoms with E-state index in [0.717, 1.165) is 42.1 Å². The molecular weight excluding hydrogens is 348 g/mol. The molecule has 0 atom stereocenters. The van der Waals surface area contributed by atoms with Gasteiger partial charge in [0.25, 0.3) is 0 Å². The second-order valence-corrected chi connectivity index (χ2v) is 8.82. The first-order valence-corrected chi connectivity index (χ1v) is 10.4. The molecule has 1 heterocycles. The van der Waals surface area contributed by atoms with E-state index in [-0.39, 0.29) is 0 Å². The second kappa shape index (κ2) is 7.78. The topological polar surface area (TPSA) is 51.1 Å². The van der Waals surface area contributed by atoms with Crippen LogP contribution in [-0.4, -0.2) is 46.0 Å². The molecule has 26 heavy (non-hydrogen) atoms. The first kappa shape index (κ1) is 18.9. The Morgan fingerprint density at radius 2 is 1.77 bits per heavy atom. The summed E-state index contributed by atoms with van der Waals surface area (Å²) in [5.74, 6) is 0.894. The summed E-state index contributed by atoms with van der Waals surface area (Å²) in [4.78, 5) is 1.81. The van der Waals surface area contributed by atoms with Crippen LogP contribution >= 0.6 is 0 Å². The highest BCUT2D eigenvalue weighted by molar-refractivity contribution is 7.89. The summed E-state index contributed by atoms with van der Waals surface area (Å²) in [6.45, 7) is 7.30. The van der Waals surface area contributed by atoms with Crippen LogP contribution in [0.25, 0.3) is 0 Å². The van der Waals surface area contributed by atoms with E-state index < -0.39 is 10.0 Å². The summed E-state index contributed by atoms with van der Waals surface area (Å²) in [6, 6.07) is 13.6. The van der Waals surface area contributed by atoms with Crippen LogP contribution in [0.1, 0.15) is 16.7 Å². The Balaban J connectivity index is 1.69. The minimum Gasteiger partial charge on any atom is -0.496 e. The molecule has 1 saturated heterocycles. The van der Waals surface area contributed by atoms with Crippen molar-refractivity contribution in [2.24, 2.45) is 0 Å². The molecule has 0 aliphatic carbocycles. The van der Waals surface area contributed by atoms with Crippen molar-refractivity contribution >= 4 is 10.0 Å². The van der Waals surface area contributed by atoms with Crippen LogP contribution in [0.3, 0.4) is 0 Å². The molecule has 0 amide bonds. The summed E-state index contributed by atoms with van der Waals surface area (Å²) in [5, 5.41) is 0. The number of sulfonamides is 1. The molecule has 2 aromatic rings. The number of rotatable bonds is 5. The minimum atomic E-state index is -3.43. The highest BCUT2D eigenvalue weighted by atomic mass is 32.2. The molecule has 1 aliphatic rings. The van der Waals surface area contributed by atoms with Gasteiger partial charge in [-0.3, -0.25) is 0 Å². The molecule has 0 aromatic heterocycles. The van der Waals surface area contributed by atoms with Crippen molar-refractivity contribution < 1.29 is 18.1 Å². The quantitative estimate of drug-likeness (QED) is 0.860. The van der Waals surface area contributed by atoms with E-state index in [1.54, 1.807) is 17.5 Å². The van der Waals surface area contributed by atoms with Crippen LogP contribution in [0.4, 0.5) is 0 Å². The van der Waals surface area contributed by atoms with Gasteiger partial charge in [0.05, 0.1) is 38.2 Å². The number of nitrogens with zero attached hydrogens (tertiary/aromatic N) is 1. The van der Waals surface area contributed by atoms with Gasteiger partial charge in [0.1, 0.15) is 12.3 Å². The third-order valence-electron chi connectivity index (χ3n) is 5.02. The zero-order valence-electron chi connectivity index (χ0n) is 15.7. The third kappa shape index (κ3) is 3.92. The molecule has 140 valence electrons. The Hall–Kier alpha value is -1.89. The molecule has 0 radical (unpaired) electrons. The Morgan fingerprint density at radius 3 is 2.46 bits per heavy atom. The Kier molecular flexibility index (Phi) is 5.65. The zero-order valence-corrected chi connectivity index (χ0v) is 16.5. The van der Waals surface area contributed by atoms with E-state index in [0.29, 0.717) is 18.0 Å². The van der Waals surface area contributed by atoms with Crippen LogP contribution in [-0.2, 0) is 16.6 Å². The maximum atomic E-state index is 13.0. The fourth-order valence-electron chi connectivity index (χ4n) is 3.46. The summed E-state index contributed by atoms with van der Waals surface area (Å²) in [6.07, 6.45) is 0. The van der Waals surface area contributed by atoms with E-state index in [9.17, 15) is 8.42 Å². The Bertz CT molecular complexity index is 872. The molecule has 0 spiro atoms. The van der Waals surface area contributed by atoms with Crippen LogP contribution in [0, 0.1) is 13.8 Å². The molecule has 1 N–H and O–H groups in total. The molecule has 6 heteroatoms. The van der Waals surface area contributed by atoms with Gasteiger partial charge in [0.15, 0.2) is 0 Å². The fourth-order valence-corrected chi connectivity index (χ4v) is 5.21. The van der Waals surface area contributed by atoms with Crippen LogP contribution in [0.5, 0.6) is 5.75 Å². The maximum absolute atomic E-state index is 13.0. The SMILES string of the molecule is COc1ccccc1C[NH+]1CCN(S(=O)(=O)c2cc(C)ccc2C)CC1. The first-order valence-electron chi connectivity index (χ1n) is 8.94. The standard InChI is InChI=1S/C20H26N2O3S/c1-16-8-9-17(2)20(14-16)26(23,24)22-12-10-21(11-13-22)15-18-6-4-5-7-19(18)25-3/h4-9,14H,10-13,15H2,1-3H3/p+1. The van der Waals surface area contributed by atoms with E-state index in [4.69, 9.17) is 4.74 Å². The summed E-state index contributed by atoms with van der Waals surface area (Å²) in [7, 11) is -1.75. The lowest BCUT2D eigenvalue weighted by atomic mass is 10.2. The van der Waals surface area contributed by atoms with Crippen molar-refractivity contribution in [2.45, 2.75) is 25.3 Å². The van der Waals surface area contributed by atoms with Crippen LogP contribution in [0.2, 0.25) is 0 Å². The predicted octanol–water partition coefficient (Wildman–Crippen LogP) is 1.40. The highest BCUT2D eigenvalue weighted by Crippen LogP contribution is 2.21. The summed E-state index contributed by atoms with van der Waals surface area (Å²) >= 11 is 0. The maximum Gasteiger partial charge on any atom is 0.243 e. The van der Waals surface area contributed by atoms with Crippen LogP contribution in [0.15, 0.2) is 47.4 Å². The van der Waals surface area contributed by atoms with Gasteiger partial charge in [-0.05, 0) is 43.2 Å². The summed E-state index contributed by atoms with van der Waals surface area (Å²) < 4.78 is 33.1. The molecule has 0 saturated carbocycles. The molecule has 1 aliphatic heterocycles. The lowest BCUT2D eigenvalue weighted by Gasteiger charge is -2.32. The van der Waals surface area contributed by atoms with Crippen molar-refractivity contribution in [3.05, 3.63) is 59.2 Å². The minimum absolute atomic E-state index is 0.436. The first-order chi connectivity index (χ1) is 12.4. The largest absolute Gasteiger partial charge is 0.496 e. The normalized spacial score (nSPS) is 16.6. The van der Waals surface area contributed by atoms with E-state index >= 15 is 0 Å². The number of aryl methyl sites for hydroxylation is 2. The average Bonchev–Trinajstić information content (AvgIpc) is 2.64. The molecule has 0 unspecified atom stereocenters. The third-order valence-corrected chi connectivity index (χ3v) is 7.06. The van der Waals surface area contributed by atoms with Gasteiger partial charge in [-0.25, -0.2) is 8.42 Å². The molecule has 3 rings (SSSR count). The van der Waals surface area contributed by atoms with Gasteiger partial charge in [-0.1, -0.05) is 24.3 Å². The fraction of sp³-hybridized carbons (Fsp3) is 0.400. The molecule has 2 aromatic carbocycles.